The molecule has 0 bridgehead atoms. The Morgan fingerprint density at radius 3 is 2.50 bits per heavy atom. The molecule has 2 nitrogen and oxygen atoms in total. The third-order valence-corrected chi connectivity index (χ3v) is 3.25. The van der Waals surface area contributed by atoms with Gasteiger partial charge in [-0.05, 0) is 62.4 Å². The summed E-state index contributed by atoms with van der Waals surface area (Å²) in [5.41, 5.74) is 5.54. The van der Waals surface area contributed by atoms with Crippen LogP contribution in [0.3, 0.4) is 0 Å². The van der Waals surface area contributed by atoms with E-state index in [9.17, 15) is 0 Å². The Morgan fingerprint density at radius 2 is 1.81 bits per heavy atom. The van der Waals surface area contributed by atoms with Gasteiger partial charge < -0.3 is 10.4 Å². The molecule has 0 unspecified atom stereocenters. The number of benzene rings is 1. The second-order valence-corrected chi connectivity index (χ2v) is 4.40. The summed E-state index contributed by atoms with van der Waals surface area (Å²) < 4.78 is 0. The lowest BCUT2D eigenvalue weighted by molar-refractivity contribution is 0.283. The van der Waals surface area contributed by atoms with Gasteiger partial charge in [0, 0.05) is 13.2 Å². The van der Waals surface area contributed by atoms with Crippen molar-refractivity contribution in [3.05, 3.63) is 34.4 Å². The minimum atomic E-state index is 0.296. The van der Waals surface area contributed by atoms with E-state index < -0.39 is 0 Å². The molecule has 2 heteroatoms. The molecule has 2 N–H and O–H groups in total. The summed E-state index contributed by atoms with van der Waals surface area (Å²) in [5, 5.41) is 12.1. The lowest BCUT2D eigenvalue weighted by atomic mass is 9.99. The van der Waals surface area contributed by atoms with Crippen LogP contribution in [0.5, 0.6) is 0 Å². The summed E-state index contributed by atoms with van der Waals surface area (Å²) in [4.78, 5) is 0. The first-order valence-corrected chi connectivity index (χ1v) is 6.04. The minimum Gasteiger partial charge on any atom is -0.396 e. The van der Waals surface area contributed by atoms with Crippen molar-refractivity contribution < 1.29 is 5.11 Å². The molecule has 0 fully saturated rings. The Balaban J connectivity index is 2.45. The Bertz CT molecular complexity index is 334. The molecule has 16 heavy (non-hydrogen) atoms. The zero-order valence-corrected chi connectivity index (χ0v) is 10.6. The topological polar surface area (TPSA) is 32.3 Å². The Hall–Kier alpha value is -0.860. The first-order valence-electron chi connectivity index (χ1n) is 6.04. The van der Waals surface area contributed by atoms with Crippen LogP contribution in [0.15, 0.2) is 12.1 Å². The summed E-state index contributed by atoms with van der Waals surface area (Å²) in [6.45, 7) is 8.73. The molecule has 0 saturated carbocycles. The monoisotopic (exact) mass is 221 g/mol. The second-order valence-electron chi connectivity index (χ2n) is 4.40. The zero-order valence-electron chi connectivity index (χ0n) is 10.6. The van der Waals surface area contributed by atoms with Crippen LogP contribution in [0, 0.1) is 20.8 Å². The number of hydrogen-bond donors (Lipinski definition) is 2. The van der Waals surface area contributed by atoms with Crippen molar-refractivity contribution in [2.75, 3.05) is 13.2 Å². The van der Waals surface area contributed by atoms with Crippen molar-refractivity contribution in [2.45, 2.75) is 40.2 Å². The number of hydrogen-bond acceptors (Lipinski definition) is 2. The maximum absolute atomic E-state index is 8.67. The first kappa shape index (κ1) is 13.2. The SMILES string of the molecule is Cc1ccc(CNCCCCO)c(C)c1C. The summed E-state index contributed by atoms with van der Waals surface area (Å²) in [6.07, 6.45) is 1.93. The average molecular weight is 221 g/mol. The number of aryl methyl sites for hydroxylation is 1. The maximum atomic E-state index is 8.67. The van der Waals surface area contributed by atoms with Gasteiger partial charge in [-0.15, -0.1) is 0 Å². The lowest BCUT2D eigenvalue weighted by Gasteiger charge is -2.12. The molecule has 0 spiro atoms. The van der Waals surface area contributed by atoms with E-state index in [4.69, 9.17) is 5.11 Å². The molecule has 0 saturated heterocycles. The fourth-order valence-electron chi connectivity index (χ4n) is 1.79. The fraction of sp³-hybridized carbons (Fsp3) is 0.571. The highest BCUT2D eigenvalue weighted by molar-refractivity contribution is 5.38. The highest BCUT2D eigenvalue weighted by atomic mass is 16.2. The molecule has 1 rings (SSSR count). The fourth-order valence-corrected chi connectivity index (χ4v) is 1.79. The summed E-state index contributed by atoms with van der Waals surface area (Å²) in [7, 11) is 0. The average Bonchev–Trinajstić information content (AvgIpc) is 2.28. The zero-order chi connectivity index (χ0) is 12.0. The molecule has 0 aliphatic heterocycles. The molecule has 0 aliphatic carbocycles. The Morgan fingerprint density at radius 1 is 1.06 bits per heavy atom. The van der Waals surface area contributed by atoms with E-state index in [1.165, 1.54) is 22.3 Å². The van der Waals surface area contributed by atoms with Crippen LogP contribution in [0.1, 0.15) is 35.1 Å². The van der Waals surface area contributed by atoms with Gasteiger partial charge in [0.2, 0.25) is 0 Å². The molecular formula is C14H23NO. The minimum absolute atomic E-state index is 0.296. The molecular weight excluding hydrogens is 198 g/mol. The quantitative estimate of drug-likeness (QED) is 0.723. The van der Waals surface area contributed by atoms with E-state index in [0.717, 1.165) is 25.9 Å². The van der Waals surface area contributed by atoms with Crippen LogP contribution in [-0.2, 0) is 6.54 Å². The number of aliphatic hydroxyl groups excluding tert-OH is 1. The molecule has 1 aromatic carbocycles. The Labute approximate surface area is 98.7 Å². The van der Waals surface area contributed by atoms with E-state index in [0.29, 0.717) is 6.61 Å². The number of unbranched alkanes of at least 4 members (excludes halogenated alkanes) is 1. The maximum Gasteiger partial charge on any atom is 0.0431 e. The first-order chi connectivity index (χ1) is 7.66. The molecule has 90 valence electrons. The molecule has 1 aromatic rings. The van der Waals surface area contributed by atoms with E-state index in [2.05, 4.69) is 38.2 Å². The van der Waals surface area contributed by atoms with Gasteiger partial charge in [0.1, 0.15) is 0 Å². The van der Waals surface area contributed by atoms with Crippen molar-refractivity contribution >= 4 is 0 Å². The van der Waals surface area contributed by atoms with Gasteiger partial charge in [-0.1, -0.05) is 12.1 Å². The van der Waals surface area contributed by atoms with Crippen LogP contribution < -0.4 is 5.32 Å². The van der Waals surface area contributed by atoms with Crippen molar-refractivity contribution in [1.82, 2.24) is 5.32 Å². The molecule has 0 heterocycles. The van der Waals surface area contributed by atoms with Crippen molar-refractivity contribution in [3.8, 4) is 0 Å². The standard InChI is InChI=1S/C14H23NO/c1-11-6-7-14(13(3)12(11)2)10-15-8-4-5-9-16/h6-7,15-16H,4-5,8-10H2,1-3H3. The molecule has 0 aromatic heterocycles. The van der Waals surface area contributed by atoms with Gasteiger partial charge in [0.15, 0.2) is 0 Å². The van der Waals surface area contributed by atoms with E-state index >= 15 is 0 Å². The Kier molecular flexibility index (Phi) is 5.50. The normalized spacial score (nSPS) is 10.8. The second kappa shape index (κ2) is 6.66. The van der Waals surface area contributed by atoms with Crippen molar-refractivity contribution in [1.29, 1.82) is 0 Å². The van der Waals surface area contributed by atoms with Crippen molar-refractivity contribution in [2.24, 2.45) is 0 Å². The molecule has 0 radical (unpaired) electrons. The third-order valence-electron chi connectivity index (χ3n) is 3.25. The van der Waals surface area contributed by atoms with E-state index in [1.54, 1.807) is 0 Å². The number of nitrogens with one attached hydrogen (secondary N) is 1. The predicted octanol–water partition coefficient (Wildman–Crippen LogP) is 2.47. The van der Waals surface area contributed by atoms with Gasteiger partial charge >= 0.3 is 0 Å². The molecule has 0 aliphatic rings. The van der Waals surface area contributed by atoms with Gasteiger partial charge in [0.05, 0.1) is 0 Å². The van der Waals surface area contributed by atoms with Crippen LogP contribution in [0.2, 0.25) is 0 Å². The van der Waals surface area contributed by atoms with E-state index in [1.807, 2.05) is 0 Å². The van der Waals surface area contributed by atoms with Crippen molar-refractivity contribution in [3.63, 3.8) is 0 Å². The number of rotatable bonds is 6. The van der Waals surface area contributed by atoms with Crippen LogP contribution >= 0.6 is 0 Å². The lowest BCUT2D eigenvalue weighted by Crippen LogP contribution is -2.16. The third kappa shape index (κ3) is 3.62. The number of aliphatic hydroxyl groups is 1. The van der Waals surface area contributed by atoms with Crippen LogP contribution in [0.4, 0.5) is 0 Å². The smallest absolute Gasteiger partial charge is 0.0431 e. The summed E-state index contributed by atoms with van der Waals surface area (Å²) in [6, 6.07) is 4.39. The molecule has 0 amide bonds. The molecule has 0 atom stereocenters. The summed E-state index contributed by atoms with van der Waals surface area (Å²) >= 11 is 0. The van der Waals surface area contributed by atoms with E-state index in [-0.39, 0.29) is 0 Å². The van der Waals surface area contributed by atoms with Crippen LogP contribution in [0.25, 0.3) is 0 Å². The summed E-state index contributed by atoms with van der Waals surface area (Å²) in [5.74, 6) is 0. The largest absolute Gasteiger partial charge is 0.396 e. The van der Waals surface area contributed by atoms with Crippen LogP contribution in [-0.4, -0.2) is 18.3 Å². The predicted molar refractivity (Wildman–Crippen MR) is 68.7 cm³/mol. The van der Waals surface area contributed by atoms with Gasteiger partial charge in [0.25, 0.3) is 0 Å². The van der Waals surface area contributed by atoms with Gasteiger partial charge in [-0.2, -0.15) is 0 Å². The highest BCUT2D eigenvalue weighted by Crippen LogP contribution is 2.16. The van der Waals surface area contributed by atoms with Gasteiger partial charge in [-0.25, -0.2) is 0 Å². The highest BCUT2D eigenvalue weighted by Gasteiger charge is 2.02. The van der Waals surface area contributed by atoms with Gasteiger partial charge in [-0.3, -0.25) is 0 Å².